The summed E-state index contributed by atoms with van der Waals surface area (Å²) in [5.74, 6) is 1.92. The summed E-state index contributed by atoms with van der Waals surface area (Å²) in [4.78, 5) is 18.9. The van der Waals surface area contributed by atoms with E-state index in [4.69, 9.17) is 15.0 Å². The number of hydrogen-bond acceptors (Lipinski definition) is 4. The van der Waals surface area contributed by atoms with Gasteiger partial charge >= 0.3 is 0 Å². The molecule has 0 saturated carbocycles. The van der Waals surface area contributed by atoms with Gasteiger partial charge in [-0.3, -0.25) is 4.98 Å². The zero-order valence-corrected chi connectivity index (χ0v) is 16.9. The molecule has 142 valence electrons. The highest BCUT2D eigenvalue weighted by atomic mass is 15.1. The van der Waals surface area contributed by atoms with Crippen LogP contribution in [0.2, 0.25) is 0 Å². The maximum absolute atomic E-state index is 4.92. The minimum Gasteiger partial charge on any atom is -0.331 e. The standard InChI is InChI=1S/C23H25N5/c1-5-8-19-16(6-2)15(3)25-21(26-19)12-13-22-27-23-17-9-7-14-24-18(17)10-11-20(23)28(22)4/h6-11,14H,5,12-13H2,1-4H3/b16-6-,19-8+. The molecule has 5 nitrogen and oxygen atoms in total. The third kappa shape index (κ3) is 3.17. The molecule has 0 aliphatic heterocycles. The maximum Gasteiger partial charge on any atom is 0.129 e. The van der Waals surface area contributed by atoms with E-state index in [9.17, 15) is 0 Å². The van der Waals surface area contributed by atoms with Crippen LogP contribution in [-0.4, -0.2) is 24.5 Å². The molecular weight excluding hydrogens is 346 g/mol. The average Bonchev–Trinajstić information content (AvgIpc) is 3.03. The van der Waals surface area contributed by atoms with E-state index in [-0.39, 0.29) is 0 Å². The summed E-state index contributed by atoms with van der Waals surface area (Å²) in [6.07, 6.45) is 8.60. The van der Waals surface area contributed by atoms with E-state index in [1.165, 1.54) is 0 Å². The highest BCUT2D eigenvalue weighted by Gasteiger charge is 2.12. The van der Waals surface area contributed by atoms with Crippen LogP contribution in [0.1, 0.15) is 37.6 Å². The summed E-state index contributed by atoms with van der Waals surface area (Å²) < 4.78 is 2.17. The molecule has 0 aliphatic carbocycles. The zero-order valence-electron chi connectivity index (χ0n) is 16.9. The van der Waals surface area contributed by atoms with Crippen LogP contribution in [-0.2, 0) is 19.9 Å². The Bertz CT molecular complexity index is 1280. The van der Waals surface area contributed by atoms with Gasteiger partial charge in [0.05, 0.1) is 21.9 Å². The van der Waals surface area contributed by atoms with Gasteiger partial charge in [0.2, 0.25) is 0 Å². The van der Waals surface area contributed by atoms with Crippen LogP contribution in [0.15, 0.2) is 30.5 Å². The van der Waals surface area contributed by atoms with Crippen molar-refractivity contribution >= 4 is 34.1 Å². The van der Waals surface area contributed by atoms with Crippen molar-refractivity contribution in [3.63, 3.8) is 0 Å². The van der Waals surface area contributed by atoms with E-state index < -0.39 is 0 Å². The van der Waals surface area contributed by atoms with Crippen LogP contribution >= 0.6 is 0 Å². The van der Waals surface area contributed by atoms with E-state index in [1.54, 1.807) is 0 Å². The van der Waals surface area contributed by atoms with E-state index in [2.05, 4.69) is 60.8 Å². The van der Waals surface area contributed by atoms with Crippen LogP contribution in [0.5, 0.6) is 0 Å². The number of rotatable bonds is 4. The minimum atomic E-state index is 0.767. The Morgan fingerprint density at radius 3 is 2.71 bits per heavy atom. The van der Waals surface area contributed by atoms with Crippen LogP contribution in [0.3, 0.4) is 0 Å². The largest absolute Gasteiger partial charge is 0.331 e. The van der Waals surface area contributed by atoms with Crippen LogP contribution in [0.4, 0.5) is 0 Å². The minimum absolute atomic E-state index is 0.767. The second-order valence-electron chi connectivity index (χ2n) is 7.02. The summed E-state index contributed by atoms with van der Waals surface area (Å²) in [7, 11) is 2.07. The van der Waals surface area contributed by atoms with Gasteiger partial charge in [-0.15, -0.1) is 0 Å². The Morgan fingerprint density at radius 1 is 1.07 bits per heavy atom. The first-order chi connectivity index (χ1) is 13.6. The predicted octanol–water partition coefficient (Wildman–Crippen LogP) is 3.00. The average molecular weight is 371 g/mol. The Kier molecular flexibility index (Phi) is 4.90. The lowest BCUT2D eigenvalue weighted by atomic mass is 10.2. The number of hydrogen-bond donors (Lipinski definition) is 0. The number of benzene rings is 1. The molecule has 0 aliphatic rings. The fourth-order valence-electron chi connectivity index (χ4n) is 3.78. The second kappa shape index (κ2) is 7.50. The van der Waals surface area contributed by atoms with E-state index in [1.807, 2.05) is 19.2 Å². The fourth-order valence-corrected chi connectivity index (χ4v) is 3.78. The van der Waals surface area contributed by atoms with Crippen molar-refractivity contribution < 1.29 is 0 Å². The molecule has 1 aromatic carbocycles. The predicted molar refractivity (Wildman–Crippen MR) is 114 cm³/mol. The van der Waals surface area contributed by atoms with Crippen molar-refractivity contribution in [3.8, 4) is 0 Å². The van der Waals surface area contributed by atoms with Crippen LogP contribution < -0.4 is 10.6 Å². The zero-order chi connectivity index (χ0) is 19.7. The lowest BCUT2D eigenvalue weighted by Crippen LogP contribution is -2.33. The molecule has 0 N–H and O–H groups in total. The lowest BCUT2D eigenvalue weighted by Gasteiger charge is -2.04. The molecule has 0 fully saturated rings. The summed E-state index contributed by atoms with van der Waals surface area (Å²) in [5, 5.41) is 3.26. The van der Waals surface area contributed by atoms with Gasteiger partial charge in [-0.1, -0.05) is 19.1 Å². The molecule has 0 amide bonds. The smallest absolute Gasteiger partial charge is 0.129 e. The number of aromatic nitrogens is 5. The highest BCUT2D eigenvalue weighted by Crippen LogP contribution is 2.24. The first-order valence-electron chi connectivity index (χ1n) is 9.81. The third-order valence-electron chi connectivity index (χ3n) is 5.20. The van der Waals surface area contributed by atoms with Crippen molar-refractivity contribution in [2.75, 3.05) is 0 Å². The molecule has 0 atom stereocenters. The molecule has 5 heteroatoms. The monoisotopic (exact) mass is 371 g/mol. The van der Waals surface area contributed by atoms with Crippen molar-refractivity contribution in [1.82, 2.24) is 24.5 Å². The van der Waals surface area contributed by atoms with Gasteiger partial charge in [0.25, 0.3) is 0 Å². The van der Waals surface area contributed by atoms with Gasteiger partial charge in [-0.25, -0.2) is 15.0 Å². The summed E-state index contributed by atoms with van der Waals surface area (Å²) in [6, 6.07) is 8.20. The van der Waals surface area contributed by atoms with Crippen LogP contribution in [0, 0.1) is 6.92 Å². The van der Waals surface area contributed by atoms with E-state index >= 15 is 0 Å². The van der Waals surface area contributed by atoms with Gasteiger partial charge in [0.15, 0.2) is 0 Å². The molecule has 0 spiro atoms. The normalized spacial score (nSPS) is 13.1. The summed E-state index contributed by atoms with van der Waals surface area (Å²) in [6.45, 7) is 6.23. The topological polar surface area (TPSA) is 56.5 Å². The van der Waals surface area contributed by atoms with Gasteiger partial charge < -0.3 is 4.57 Å². The van der Waals surface area contributed by atoms with E-state index in [0.29, 0.717) is 0 Å². The van der Waals surface area contributed by atoms with Gasteiger partial charge in [0, 0.05) is 42.4 Å². The number of nitrogens with zero attached hydrogens (tertiary/aromatic N) is 5. The number of aryl methyl sites for hydroxylation is 4. The van der Waals surface area contributed by atoms with Crippen molar-refractivity contribution in [2.24, 2.45) is 7.05 Å². The molecule has 3 aromatic heterocycles. The number of imidazole rings is 1. The Hall–Kier alpha value is -3.08. The SMILES string of the molecule is C/C=c1/c(C)nc(CCc2nc3c4cccnc4ccc3n2C)n/c1=C/CC. The molecule has 3 heterocycles. The maximum atomic E-state index is 4.92. The molecule has 0 saturated heterocycles. The highest BCUT2D eigenvalue weighted by molar-refractivity contribution is 6.02. The lowest BCUT2D eigenvalue weighted by molar-refractivity contribution is 0.750. The number of fused-ring (bicyclic) bond motifs is 3. The second-order valence-corrected chi connectivity index (χ2v) is 7.02. The quantitative estimate of drug-likeness (QED) is 0.553. The van der Waals surface area contributed by atoms with Crippen molar-refractivity contribution in [3.05, 3.63) is 58.4 Å². The molecule has 0 bridgehead atoms. The molecule has 4 rings (SSSR count). The first kappa shape index (κ1) is 18.3. The summed E-state index contributed by atoms with van der Waals surface area (Å²) >= 11 is 0. The number of pyridine rings is 1. The van der Waals surface area contributed by atoms with Crippen molar-refractivity contribution in [2.45, 2.75) is 40.0 Å². The summed E-state index contributed by atoms with van der Waals surface area (Å²) in [5.41, 5.74) is 4.15. The van der Waals surface area contributed by atoms with Gasteiger partial charge in [0.1, 0.15) is 11.6 Å². The molecule has 0 unspecified atom stereocenters. The van der Waals surface area contributed by atoms with Gasteiger partial charge in [-0.2, -0.15) is 0 Å². The van der Waals surface area contributed by atoms with E-state index in [0.717, 1.165) is 69.1 Å². The van der Waals surface area contributed by atoms with Crippen molar-refractivity contribution in [1.29, 1.82) is 0 Å². The Morgan fingerprint density at radius 2 is 1.93 bits per heavy atom. The Labute approximate surface area is 164 Å². The molecular formula is C23H25N5. The molecule has 4 aromatic rings. The first-order valence-corrected chi connectivity index (χ1v) is 9.81. The third-order valence-corrected chi connectivity index (χ3v) is 5.20. The van der Waals surface area contributed by atoms with Crippen LogP contribution in [0.25, 0.3) is 34.1 Å². The van der Waals surface area contributed by atoms with Gasteiger partial charge in [-0.05, 0) is 44.5 Å². The Balaban J connectivity index is 1.71. The fraction of sp³-hybridized carbons (Fsp3) is 0.304. The molecule has 0 radical (unpaired) electrons. The molecule has 28 heavy (non-hydrogen) atoms.